The highest BCUT2D eigenvalue weighted by Crippen LogP contribution is 2.36. The number of methoxy groups -OCH3 is 3. The molecule has 2 aromatic carbocycles. The summed E-state index contributed by atoms with van der Waals surface area (Å²) in [7, 11) is 4.63. The summed E-state index contributed by atoms with van der Waals surface area (Å²) in [6, 6.07) is 9.22. The quantitative estimate of drug-likeness (QED) is 0.596. The van der Waals surface area contributed by atoms with E-state index in [4.69, 9.17) is 18.9 Å². The van der Waals surface area contributed by atoms with E-state index < -0.39 is 5.97 Å². The third kappa shape index (κ3) is 3.65. The lowest BCUT2D eigenvalue weighted by molar-refractivity contribution is -0.129. The van der Waals surface area contributed by atoms with Gasteiger partial charge in [0.25, 0.3) is 0 Å². The van der Waals surface area contributed by atoms with Crippen LogP contribution in [-0.2, 0) is 9.53 Å². The van der Waals surface area contributed by atoms with Crippen LogP contribution in [0, 0.1) is 13.8 Å². The van der Waals surface area contributed by atoms with Gasteiger partial charge in [-0.1, -0.05) is 6.07 Å². The minimum absolute atomic E-state index is 0.189. The Morgan fingerprint density at radius 2 is 1.56 bits per heavy atom. The van der Waals surface area contributed by atoms with Crippen LogP contribution in [0.25, 0.3) is 6.08 Å². The lowest BCUT2D eigenvalue weighted by Gasteiger charge is -2.12. The van der Waals surface area contributed by atoms with Crippen molar-refractivity contribution >= 4 is 17.9 Å². The Morgan fingerprint density at radius 3 is 2.19 bits per heavy atom. The van der Waals surface area contributed by atoms with Crippen molar-refractivity contribution in [2.75, 3.05) is 21.3 Å². The zero-order valence-corrected chi connectivity index (χ0v) is 16.0. The van der Waals surface area contributed by atoms with Crippen molar-refractivity contribution in [3.05, 3.63) is 58.3 Å². The molecule has 1 aliphatic heterocycles. The molecule has 1 aliphatic rings. The number of benzene rings is 2. The van der Waals surface area contributed by atoms with Crippen molar-refractivity contribution in [1.82, 2.24) is 0 Å². The molecular weight excluding hydrogens is 346 g/mol. The smallest absolute Gasteiger partial charge is 0.363 e. The second-order valence-corrected chi connectivity index (χ2v) is 6.08. The number of nitrogens with zero attached hydrogens (tertiary/aromatic N) is 1. The molecule has 6 heteroatoms. The molecule has 0 atom stereocenters. The topological polar surface area (TPSA) is 66.3 Å². The fraction of sp³-hybridized carbons (Fsp3) is 0.238. The number of hydrogen-bond acceptors (Lipinski definition) is 6. The molecule has 0 unspecified atom stereocenters. The van der Waals surface area contributed by atoms with Crippen LogP contribution >= 0.6 is 0 Å². The first-order valence-electron chi connectivity index (χ1n) is 8.37. The first kappa shape index (κ1) is 18.5. The van der Waals surface area contributed by atoms with E-state index in [1.54, 1.807) is 39.5 Å². The molecule has 0 radical (unpaired) electrons. The van der Waals surface area contributed by atoms with Crippen LogP contribution < -0.4 is 14.2 Å². The Kier molecular flexibility index (Phi) is 5.16. The van der Waals surface area contributed by atoms with Gasteiger partial charge in [-0.3, -0.25) is 0 Å². The maximum Gasteiger partial charge on any atom is 0.363 e. The van der Waals surface area contributed by atoms with Crippen LogP contribution in [-0.4, -0.2) is 33.2 Å². The minimum atomic E-state index is -0.514. The Balaban J connectivity index is 2.02. The summed E-state index contributed by atoms with van der Waals surface area (Å²) in [5, 5.41) is 0. The Morgan fingerprint density at radius 1 is 0.889 bits per heavy atom. The molecule has 140 valence electrons. The van der Waals surface area contributed by atoms with E-state index >= 15 is 0 Å². The summed E-state index contributed by atoms with van der Waals surface area (Å²) >= 11 is 0. The van der Waals surface area contributed by atoms with Gasteiger partial charge in [0.2, 0.25) is 5.90 Å². The molecule has 0 aromatic heterocycles. The molecule has 6 nitrogen and oxygen atoms in total. The molecule has 0 spiro atoms. The second kappa shape index (κ2) is 7.53. The van der Waals surface area contributed by atoms with E-state index in [2.05, 4.69) is 4.99 Å². The van der Waals surface area contributed by atoms with Crippen molar-refractivity contribution in [3.8, 4) is 17.2 Å². The van der Waals surface area contributed by atoms with Crippen molar-refractivity contribution in [2.45, 2.75) is 13.8 Å². The molecule has 0 amide bonds. The molecule has 3 rings (SSSR count). The number of ether oxygens (including phenoxy) is 4. The number of carbonyl (C=O) groups excluding carboxylic acids is 1. The van der Waals surface area contributed by atoms with Gasteiger partial charge < -0.3 is 18.9 Å². The van der Waals surface area contributed by atoms with Crippen molar-refractivity contribution in [3.63, 3.8) is 0 Å². The number of hydrogen-bond donors (Lipinski definition) is 0. The fourth-order valence-electron chi connectivity index (χ4n) is 2.72. The van der Waals surface area contributed by atoms with Crippen LogP contribution in [0.2, 0.25) is 0 Å². The normalized spacial score (nSPS) is 14.8. The summed E-state index contributed by atoms with van der Waals surface area (Å²) in [5.74, 6) is 1.36. The Hall–Kier alpha value is -3.28. The predicted molar refractivity (Wildman–Crippen MR) is 103 cm³/mol. The van der Waals surface area contributed by atoms with E-state index in [1.807, 2.05) is 32.0 Å². The Labute approximate surface area is 158 Å². The largest absolute Gasteiger partial charge is 0.496 e. The van der Waals surface area contributed by atoms with Crippen LogP contribution in [0.4, 0.5) is 0 Å². The van der Waals surface area contributed by atoms with Gasteiger partial charge in [0.05, 0.1) is 21.3 Å². The van der Waals surface area contributed by atoms with E-state index in [0.717, 1.165) is 16.7 Å². The molecular formula is C21H21NO5. The molecule has 0 fully saturated rings. The molecule has 0 saturated heterocycles. The van der Waals surface area contributed by atoms with Gasteiger partial charge >= 0.3 is 5.97 Å². The average molecular weight is 367 g/mol. The fourth-order valence-corrected chi connectivity index (χ4v) is 2.72. The molecule has 0 N–H and O–H groups in total. The second-order valence-electron chi connectivity index (χ2n) is 6.08. The zero-order valence-electron chi connectivity index (χ0n) is 16.0. The number of esters is 1. The third-order valence-corrected chi connectivity index (χ3v) is 4.40. The van der Waals surface area contributed by atoms with Crippen LogP contribution in [0.5, 0.6) is 17.2 Å². The van der Waals surface area contributed by atoms with E-state index in [9.17, 15) is 4.79 Å². The first-order valence-corrected chi connectivity index (χ1v) is 8.37. The van der Waals surface area contributed by atoms with Gasteiger partial charge in [-0.05, 0) is 49.2 Å². The van der Waals surface area contributed by atoms with Crippen LogP contribution in [0.15, 0.2) is 41.0 Å². The molecule has 0 saturated carbocycles. The van der Waals surface area contributed by atoms with Crippen molar-refractivity contribution in [1.29, 1.82) is 0 Å². The number of aliphatic imine (C=N–C) groups is 1. The predicted octanol–water partition coefficient (Wildman–Crippen LogP) is 3.67. The standard InChI is InChI=1S/C21H21NO5/c1-12-6-7-14(8-13(12)2)20-22-16(21(23)27-20)9-15-10-18(25-4)19(26-5)11-17(15)24-3/h6-11H,1-5H3/b16-9-. The van der Waals surface area contributed by atoms with Gasteiger partial charge in [-0.15, -0.1) is 0 Å². The van der Waals surface area contributed by atoms with Gasteiger partial charge in [-0.25, -0.2) is 9.79 Å². The van der Waals surface area contributed by atoms with Crippen LogP contribution in [0.3, 0.4) is 0 Å². The molecule has 0 bridgehead atoms. The highest BCUT2D eigenvalue weighted by atomic mass is 16.6. The summed E-state index contributed by atoms with van der Waals surface area (Å²) in [6.07, 6.45) is 1.61. The van der Waals surface area contributed by atoms with Gasteiger partial charge in [-0.2, -0.15) is 0 Å². The SMILES string of the molecule is COc1cc(OC)c(OC)cc1/C=C1\N=C(c2ccc(C)c(C)c2)OC1=O. The maximum atomic E-state index is 12.3. The monoisotopic (exact) mass is 367 g/mol. The summed E-state index contributed by atoms with van der Waals surface area (Å²) < 4.78 is 21.3. The number of aryl methyl sites for hydroxylation is 2. The lowest BCUT2D eigenvalue weighted by atomic mass is 10.1. The van der Waals surface area contributed by atoms with Crippen LogP contribution in [0.1, 0.15) is 22.3 Å². The van der Waals surface area contributed by atoms with Crippen molar-refractivity contribution < 1.29 is 23.7 Å². The van der Waals surface area contributed by atoms with Crippen molar-refractivity contribution in [2.24, 2.45) is 4.99 Å². The average Bonchev–Trinajstić information content (AvgIpc) is 3.04. The third-order valence-electron chi connectivity index (χ3n) is 4.40. The van der Waals surface area contributed by atoms with Gasteiger partial charge in [0, 0.05) is 17.2 Å². The van der Waals surface area contributed by atoms with E-state index in [0.29, 0.717) is 22.8 Å². The lowest BCUT2D eigenvalue weighted by Crippen LogP contribution is -2.05. The van der Waals surface area contributed by atoms with E-state index in [1.165, 1.54) is 0 Å². The van der Waals surface area contributed by atoms with E-state index in [-0.39, 0.29) is 11.6 Å². The summed E-state index contributed by atoms with van der Waals surface area (Å²) in [5.41, 5.74) is 3.84. The number of carbonyl (C=O) groups is 1. The highest BCUT2D eigenvalue weighted by Gasteiger charge is 2.25. The number of rotatable bonds is 5. The van der Waals surface area contributed by atoms with Gasteiger partial charge in [0.1, 0.15) is 5.75 Å². The summed E-state index contributed by atoms with van der Waals surface area (Å²) in [6.45, 7) is 4.03. The Bertz CT molecular complexity index is 959. The molecule has 1 heterocycles. The molecule has 27 heavy (non-hydrogen) atoms. The molecule has 2 aromatic rings. The first-order chi connectivity index (χ1) is 13.0. The minimum Gasteiger partial charge on any atom is -0.496 e. The zero-order chi connectivity index (χ0) is 19.6. The number of cyclic esters (lactones) is 1. The summed E-state index contributed by atoms with van der Waals surface area (Å²) in [4.78, 5) is 16.6. The van der Waals surface area contributed by atoms with Gasteiger partial charge in [0.15, 0.2) is 17.2 Å². The maximum absolute atomic E-state index is 12.3. The molecule has 0 aliphatic carbocycles. The highest BCUT2D eigenvalue weighted by molar-refractivity contribution is 6.13.